The largest absolute Gasteiger partial charge is 0.480 e. The molecule has 22 heavy (non-hydrogen) atoms. The Kier molecular flexibility index (Phi) is 2.93. The number of methoxy groups -OCH3 is 1. The maximum atomic E-state index is 5.25. The van der Waals surface area contributed by atoms with Crippen LogP contribution in [-0.2, 0) is 7.05 Å². The molecule has 0 saturated carbocycles. The molecule has 0 atom stereocenters. The summed E-state index contributed by atoms with van der Waals surface area (Å²) in [6, 6.07) is 7.91. The minimum atomic E-state index is 0.546. The van der Waals surface area contributed by atoms with E-state index >= 15 is 0 Å². The summed E-state index contributed by atoms with van der Waals surface area (Å²) in [5.41, 5.74) is 3.69. The molecule has 1 aromatic carbocycles. The summed E-state index contributed by atoms with van der Waals surface area (Å²) in [4.78, 5) is 13.3. The molecule has 1 N–H and O–H groups in total. The van der Waals surface area contributed by atoms with Crippen LogP contribution in [0.15, 0.2) is 36.8 Å². The Hall–Kier alpha value is -2.67. The first-order valence-electron chi connectivity index (χ1n) is 6.73. The number of benzene rings is 1. The number of pyridine rings is 1. The Morgan fingerprint density at radius 1 is 1.18 bits per heavy atom. The van der Waals surface area contributed by atoms with E-state index in [1.807, 2.05) is 23.7 Å². The van der Waals surface area contributed by atoms with E-state index in [2.05, 4.69) is 32.4 Å². The highest BCUT2D eigenvalue weighted by Crippen LogP contribution is 2.33. The zero-order chi connectivity index (χ0) is 15.1. The molecule has 4 aromatic rings. The Balaban J connectivity index is 1.81. The van der Waals surface area contributed by atoms with Crippen LogP contribution in [0.3, 0.4) is 0 Å². The Morgan fingerprint density at radius 2 is 2.09 bits per heavy atom. The number of fused-ring (bicyclic) bond motifs is 3. The lowest BCUT2D eigenvalue weighted by atomic mass is 10.3. The Bertz CT molecular complexity index is 975. The molecule has 0 unspecified atom stereocenters. The highest BCUT2D eigenvalue weighted by Gasteiger charge is 2.12. The first-order chi connectivity index (χ1) is 10.8. The van der Waals surface area contributed by atoms with Gasteiger partial charge in [0.15, 0.2) is 5.13 Å². The van der Waals surface area contributed by atoms with Crippen LogP contribution in [0.1, 0.15) is 0 Å². The van der Waals surface area contributed by atoms with Crippen molar-refractivity contribution >= 4 is 43.4 Å². The van der Waals surface area contributed by atoms with Crippen LogP contribution in [-0.4, -0.2) is 26.6 Å². The SMILES string of the molecule is COc1ncccc1Nc1nc2c(ccc3c2ncn3C)s1. The van der Waals surface area contributed by atoms with Crippen LogP contribution in [0.25, 0.3) is 21.3 Å². The average molecular weight is 311 g/mol. The molecule has 0 bridgehead atoms. The van der Waals surface area contributed by atoms with Crippen LogP contribution in [0, 0.1) is 0 Å². The van der Waals surface area contributed by atoms with Crippen LogP contribution in [0.5, 0.6) is 5.88 Å². The van der Waals surface area contributed by atoms with Gasteiger partial charge in [-0.25, -0.2) is 15.0 Å². The summed E-state index contributed by atoms with van der Waals surface area (Å²) in [6.07, 6.45) is 3.50. The highest BCUT2D eigenvalue weighted by atomic mass is 32.1. The number of ether oxygens (including phenoxy) is 1. The number of nitrogens with one attached hydrogen (secondary N) is 1. The molecule has 0 aliphatic heterocycles. The van der Waals surface area contributed by atoms with E-state index in [4.69, 9.17) is 4.74 Å². The number of aromatic nitrogens is 4. The summed E-state index contributed by atoms with van der Waals surface area (Å²) < 4.78 is 8.34. The fourth-order valence-electron chi connectivity index (χ4n) is 2.41. The van der Waals surface area contributed by atoms with Gasteiger partial charge >= 0.3 is 0 Å². The zero-order valence-corrected chi connectivity index (χ0v) is 12.9. The van der Waals surface area contributed by atoms with Crippen molar-refractivity contribution in [1.29, 1.82) is 0 Å². The van der Waals surface area contributed by atoms with Gasteiger partial charge in [-0.1, -0.05) is 11.3 Å². The number of anilines is 2. The lowest BCUT2D eigenvalue weighted by Crippen LogP contribution is -1.95. The summed E-state index contributed by atoms with van der Waals surface area (Å²) in [5, 5.41) is 4.06. The molecular formula is C15H13N5OS. The monoisotopic (exact) mass is 311 g/mol. The molecule has 0 spiro atoms. The quantitative estimate of drug-likeness (QED) is 0.628. The molecular weight excluding hydrogens is 298 g/mol. The van der Waals surface area contributed by atoms with Gasteiger partial charge in [-0.3, -0.25) is 0 Å². The van der Waals surface area contributed by atoms with E-state index in [1.54, 1.807) is 31.0 Å². The first kappa shape index (κ1) is 13.0. The van der Waals surface area contributed by atoms with Gasteiger partial charge in [0, 0.05) is 13.2 Å². The van der Waals surface area contributed by atoms with E-state index in [-0.39, 0.29) is 0 Å². The van der Waals surface area contributed by atoms with Crippen molar-refractivity contribution in [3.8, 4) is 5.88 Å². The minimum Gasteiger partial charge on any atom is -0.480 e. The van der Waals surface area contributed by atoms with Gasteiger partial charge in [0.25, 0.3) is 0 Å². The molecule has 4 rings (SSSR count). The third-order valence-electron chi connectivity index (χ3n) is 3.46. The first-order valence-corrected chi connectivity index (χ1v) is 7.54. The van der Waals surface area contributed by atoms with Gasteiger partial charge in [-0.2, -0.15) is 0 Å². The third-order valence-corrected chi connectivity index (χ3v) is 4.40. The van der Waals surface area contributed by atoms with Crippen molar-refractivity contribution in [2.75, 3.05) is 12.4 Å². The lowest BCUT2D eigenvalue weighted by Gasteiger charge is -2.06. The molecule has 0 aliphatic rings. The molecule has 6 nitrogen and oxygen atoms in total. The van der Waals surface area contributed by atoms with Crippen LogP contribution >= 0.6 is 11.3 Å². The molecule has 3 heterocycles. The summed E-state index contributed by atoms with van der Waals surface area (Å²) in [7, 11) is 3.58. The van der Waals surface area contributed by atoms with Gasteiger partial charge in [-0.05, 0) is 24.3 Å². The van der Waals surface area contributed by atoms with Crippen molar-refractivity contribution < 1.29 is 4.74 Å². The molecule has 3 aromatic heterocycles. The second-order valence-corrected chi connectivity index (χ2v) is 5.87. The highest BCUT2D eigenvalue weighted by molar-refractivity contribution is 7.22. The zero-order valence-electron chi connectivity index (χ0n) is 12.1. The third kappa shape index (κ3) is 1.98. The van der Waals surface area contributed by atoms with E-state index in [0.29, 0.717) is 5.88 Å². The van der Waals surface area contributed by atoms with Gasteiger partial charge in [0.2, 0.25) is 5.88 Å². The van der Waals surface area contributed by atoms with Gasteiger partial charge in [0.05, 0.1) is 23.7 Å². The number of aryl methyl sites for hydroxylation is 1. The standard InChI is InChI=1S/C15H13N5OS/c1-20-8-17-12-10(20)5-6-11-13(12)19-15(22-11)18-9-4-3-7-16-14(9)21-2/h3-8H,1-2H3,(H,18,19). The van der Waals surface area contributed by atoms with Gasteiger partial charge in [-0.15, -0.1) is 0 Å². The maximum absolute atomic E-state index is 5.25. The van der Waals surface area contributed by atoms with Crippen molar-refractivity contribution in [3.63, 3.8) is 0 Å². The fourth-order valence-corrected chi connectivity index (χ4v) is 3.29. The van der Waals surface area contributed by atoms with Crippen molar-refractivity contribution in [1.82, 2.24) is 19.5 Å². The Morgan fingerprint density at radius 3 is 2.95 bits per heavy atom. The average Bonchev–Trinajstić information content (AvgIpc) is 3.11. The molecule has 0 saturated heterocycles. The predicted octanol–water partition coefficient (Wildman–Crippen LogP) is 3.33. The number of imidazole rings is 1. The minimum absolute atomic E-state index is 0.546. The van der Waals surface area contributed by atoms with E-state index < -0.39 is 0 Å². The van der Waals surface area contributed by atoms with E-state index in [9.17, 15) is 0 Å². The van der Waals surface area contributed by atoms with Crippen LogP contribution in [0.2, 0.25) is 0 Å². The van der Waals surface area contributed by atoms with Crippen molar-refractivity contribution in [2.24, 2.45) is 7.05 Å². The van der Waals surface area contributed by atoms with Crippen molar-refractivity contribution in [2.45, 2.75) is 0 Å². The molecule has 7 heteroatoms. The summed E-state index contributed by atoms with van der Waals surface area (Å²) in [6.45, 7) is 0. The second kappa shape index (κ2) is 4.96. The number of thiazole rings is 1. The van der Waals surface area contributed by atoms with E-state index in [1.165, 1.54) is 0 Å². The van der Waals surface area contributed by atoms with Crippen LogP contribution in [0.4, 0.5) is 10.8 Å². The van der Waals surface area contributed by atoms with Crippen molar-refractivity contribution in [3.05, 3.63) is 36.8 Å². The lowest BCUT2D eigenvalue weighted by molar-refractivity contribution is 0.400. The maximum Gasteiger partial charge on any atom is 0.237 e. The molecule has 110 valence electrons. The number of rotatable bonds is 3. The molecule has 0 radical (unpaired) electrons. The number of hydrogen-bond acceptors (Lipinski definition) is 6. The van der Waals surface area contributed by atoms with E-state index in [0.717, 1.165) is 32.1 Å². The van der Waals surface area contributed by atoms with Gasteiger partial charge in [0.1, 0.15) is 16.7 Å². The number of nitrogens with zero attached hydrogens (tertiary/aromatic N) is 4. The number of hydrogen-bond donors (Lipinski definition) is 1. The fraction of sp³-hybridized carbons (Fsp3) is 0.133. The summed E-state index contributed by atoms with van der Waals surface area (Å²) in [5.74, 6) is 0.546. The molecule has 0 aliphatic carbocycles. The summed E-state index contributed by atoms with van der Waals surface area (Å²) >= 11 is 1.58. The topological polar surface area (TPSA) is 64.9 Å². The molecule has 0 fully saturated rings. The second-order valence-electron chi connectivity index (χ2n) is 4.84. The Labute approximate surface area is 130 Å². The van der Waals surface area contributed by atoms with Gasteiger partial charge < -0.3 is 14.6 Å². The predicted molar refractivity (Wildman–Crippen MR) is 88.0 cm³/mol. The normalized spacial score (nSPS) is 11.2. The van der Waals surface area contributed by atoms with Crippen LogP contribution < -0.4 is 10.1 Å². The molecule has 0 amide bonds. The smallest absolute Gasteiger partial charge is 0.237 e.